The van der Waals surface area contributed by atoms with E-state index >= 15 is 0 Å². The Morgan fingerprint density at radius 1 is 1.23 bits per heavy atom. The van der Waals surface area contributed by atoms with Crippen LogP contribution in [0.15, 0.2) is 21.3 Å². The molecule has 4 rings (SSSR count). The van der Waals surface area contributed by atoms with Gasteiger partial charge >= 0.3 is 5.63 Å². The van der Waals surface area contributed by atoms with E-state index in [0.29, 0.717) is 34.7 Å². The van der Waals surface area contributed by atoms with Crippen LogP contribution in [0.25, 0.3) is 11.0 Å². The summed E-state index contributed by atoms with van der Waals surface area (Å²) in [5.74, 6) is 0.665. The average molecular weight is 447 g/mol. The number of halogens is 1. The number of rotatable bonds is 7. The van der Waals surface area contributed by atoms with Gasteiger partial charge in [0.15, 0.2) is 0 Å². The zero-order valence-electron chi connectivity index (χ0n) is 18.8. The van der Waals surface area contributed by atoms with Crippen molar-refractivity contribution in [2.75, 3.05) is 26.7 Å². The Bertz CT molecular complexity index is 971. The molecular formula is C25H35ClN2O3. The second-order valence-electron chi connectivity index (χ2n) is 9.45. The van der Waals surface area contributed by atoms with Gasteiger partial charge in [-0.1, -0.05) is 31.4 Å². The van der Waals surface area contributed by atoms with E-state index in [-0.39, 0.29) is 11.4 Å². The van der Waals surface area contributed by atoms with Crippen LogP contribution in [0, 0.1) is 5.92 Å². The number of nitrogens with zero attached hydrogens (tertiary/aromatic N) is 2. The van der Waals surface area contributed by atoms with Crippen molar-refractivity contribution < 1.29 is 9.52 Å². The molecule has 6 heteroatoms. The number of hydrogen-bond acceptors (Lipinski definition) is 5. The van der Waals surface area contributed by atoms with Crippen LogP contribution in [-0.2, 0) is 13.0 Å². The van der Waals surface area contributed by atoms with Gasteiger partial charge in [0.1, 0.15) is 11.3 Å². The van der Waals surface area contributed by atoms with E-state index in [0.717, 1.165) is 36.8 Å². The van der Waals surface area contributed by atoms with Crippen LogP contribution in [0.1, 0.15) is 63.0 Å². The molecule has 1 N–H and O–H groups in total. The Balaban J connectivity index is 1.60. The molecule has 0 spiro atoms. The van der Waals surface area contributed by atoms with Gasteiger partial charge in [0.2, 0.25) is 0 Å². The van der Waals surface area contributed by atoms with E-state index < -0.39 is 0 Å². The molecule has 2 aliphatic rings. The van der Waals surface area contributed by atoms with Gasteiger partial charge in [-0.25, -0.2) is 4.79 Å². The Kier molecular flexibility index (Phi) is 7.25. The summed E-state index contributed by atoms with van der Waals surface area (Å²) in [5.41, 5.74) is 1.69. The lowest BCUT2D eigenvalue weighted by Crippen LogP contribution is -2.50. The fourth-order valence-electron chi connectivity index (χ4n) is 5.63. The molecule has 0 unspecified atom stereocenters. The zero-order chi connectivity index (χ0) is 22.0. The van der Waals surface area contributed by atoms with Gasteiger partial charge in [0.05, 0.1) is 10.6 Å². The molecule has 31 heavy (non-hydrogen) atoms. The van der Waals surface area contributed by atoms with E-state index in [9.17, 15) is 9.90 Å². The number of aromatic hydroxyl groups is 1. The molecule has 0 bridgehead atoms. The maximum Gasteiger partial charge on any atom is 0.336 e. The smallest absolute Gasteiger partial charge is 0.336 e. The largest absolute Gasteiger partial charge is 0.506 e. The van der Waals surface area contributed by atoms with Gasteiger partial charge < -0.3 is 19.3 Å². The molecular weight excluding hydrogens is 412 g/mol. The molecule has 2 atom stereocenters. The van der Waals surface area contributed by atoms with Crippen molar-refractivity contribution in [3.63, 3.8) is 0 Å². The van der Waals surface area contributed by atoms with Crippen molar-refractivity contribution in [3.05, 3.63) is 38.7 Å². The lowest BCUT2D eigenvalue weighted by Gasteiger charge is -2.45. The lowest BCUT2D eigenvalue weighted by molar-refractivity contribution is 0.0434. The van der Waals surface area contributed by atoms with Crippen molar-refractivity contribution in [3.8, 4) is 5.75 Å². The predicted octanol–water partition coefficient (Wildman–Crippen LogP) is 5.19. The quantitative estimate of drug-likeness (QED) is 0.593. The third kappa shape index (κ3) is 4.94. The molecule has 3 heterocycles. The highest BCUT2D eigenvalue weighted by Crippen LogP contribution is 2.37. The zero-order valence-corrected chi connectivity index (χ0v) is 19.6. The number of hydrogen-bond donors (Lipinski definition) is 1. The molecule has 0 saturated carbocycles. The molecule has 0 aliphatic carbocycles. The Morgan fingerprint density at radius 3 is 2.84 bits per heavy atom. The second-order valence-corrected chi connectivity index (χ2v) is 9.86. The monoisotopic (exact) mass is 446 g/mol. The van der Waals surface area contributed by atoms with Crippen LogP contribution in [0.4, 0.5) is 0 Å². The SMILES string of the molecule is CCCCc1cc(=O)oc2c(CN(C)C[C@@H]3CCCN4CCCC[C@H]34)c(O)c(Cl)cc12. The maximum absolute atomic E-state index is 12.3. The number of aryl methyl sites for hydroxylation is 1. The van der Waals surface area contributed by atoms with Crippen LogP contribution in [0.2, 0.25) is 5.02 Å². The van der Waals surface area contributed by atoms with E-state index in [2.05, 4.69) is 23.8 Å². The summed E-state index contributed by atoms with van der Waals surface area (Å²) in [5, 5.41) is 11.9. The second kappa shape index (κ2) is 9.93. The Morgan fingerprint density at radius 2 is 2.03 bits per heavy atom. The minimum atomic E-state index is -0.366. The summed E-state index contributed by atoms with van der Waals surface area (Å²) >= 11 is 6.41. The first kappa shape index (κ1) is 22.6. The van der Waals surface area contributed by atoms with Crippen LogP contribution in [0.3, 0.4) is 0 Å². The van der Waals surface area contributed by atoms with Gasteiger partial charge in [-0.15, -0.1) is 0 Å². The number of piperidine rings is 2. The van der Waals surface area contributed by atoms with Crippen molar-refractivity contribution in [2.24, 2.45) is 5.92 Å². The van der Waals surface area contributed by atoms with Crippen LogP contribution in [-0.4, -0.2) is 47.6 Å². The summed E-state index contributed by atoms with van der Waals surface area (Å²) in [4.78, 5) is 17.2. The summed E-state index contributed by atoms with van der Waals surface area (Å²) in [6.07, 6.45) is 9.29. The van der Waals surface area contributed by atoms with Gasteiger partial charge in [-0.05, 0) is 76.2 Å². The fourth-order valence-corrected chi connectivity index (χ4v) is 5.85. The standard InChI is InChI=1S/C25H35ClN2O3/c1-3-4-8-17-13-23(29)31-25-19(17)14-21(26)24(30)20(25)16-27(2)15-18-9-7-12-28-11-6-5-10-22(18)28/h13-14,18,22,30H,3-12,15-16H2,1-2H3/t18-,22+/m0/s1. The molecule has 5 nitrogen and oxygen atoms in total. The molecule has 2 saturated heterocycles. The molecule has 1 aromatic heterocycles. The van der Waals surface area contributed by atoms with Gasteiger partial charge in [0.25, 0.3) is 0 Å². The number of fused-ring (bicyclic) bond motifs is 2. The van der Waals surface area contributed by atoms with Crippen molar-refractivity contribution in [2.45, 2.75) is 70.9 Å². The molecule has 170 valence electrons. The number of phenols is 1. The minimum Gasteiger partial charge on any atom is -0.506 e. The molecule has 0 amide bonds. The normalized spacial score (nSPS) is 22.2. The van der Waals surface area contributed by atoms with Crippen LogP contribution < -0.4 is 5.63 Å². The van der Waals surface area contributed by atoms with Crippen molar-refractivity contribution in [1.29, 1.82) is 0 Å². The van der Waals surface area contributed by atoms with Gasteiger partial charge in [-0.3, -0.25) is 0 Å². The first-order valence-electron chi connectivity index (χ1n) is 11.9. The molecule has 2 aliphatic heterocycles. The average Bonchev–Trinajstić information content (AvgIpc) is 2.76. The highest BCUT2D eigenvalue weighted by molar-refractivity contribution is 6.33. The third-order valence-electron chi connectivity index (χ3n) is 7.15. The van der Waals surface area contributed by atoms with E-state index in [4.69, 9.17) is 16.0 Å². The topological polar surface area (TPSA) is 56.9 Å². The summed E-state index contributed by atoms with van der Waals surface area (Å²) in [6.45, 7) is 6.07. The number of phenolic OH excluding ortho intramolecular Hbond substituents is 1. The van der Waals surface area contributed by atoms with Crippen LogP contribution in [0.5, 0.6) is 5.75 Å². The van der Waals surface area contributed by atoms with Crippen molar-refractivity contribution >= 4 is 22.6 Å². The van der Waals surface area contributed by atoms with Gasteiger partial charge in [-0.2, -0.15) is 0 Å². The molecule has 0 radical (unpaired) electrons. The first-order chi connectivity index (χ1) is 15.0. The van der Waals surface area contributed by atoms with E-state index in [1.54, 1.807) is 12.1 Å². The summed E-state index contributed by atoms with van der Waals surface area (Å²) in [7, 11) is 2.09. The number of benzene rings is 1. The highest BCUT2D eigenvalue weighted by atomic mass is 35.5. The summed E-state index contributed by atoms with van der Waals surface area (Å²) in [6, 6.07) is 3.98. The molecule has 2 aromatic rings. The Hall–Kier alpha value is -1.56. The number of unbranched alkanes of at least 4 members (excludes halogenated alkanes) is 1. The molecule has 1 aromatic carbocycles. The molecule has 2 fully saturated rings. The van der Waals surface area contributed by atoms with Gasteiger partial charge in [0, 0.05) is 30.6 Å². The summed E-state index contributed by atoms with van der Waals surface area (Å²) < 4.78 is 5.62. The van der Waals surface area contributed by atoms with Crippen LogP contribution >= 0.6 is 11.6 Å². The highest BCUT2D eigenvalue weighted by Gasteiger charge is 2.33. The maximum atomic E-state index is 12.3. The van der Waals surface area contributed by atoms with E-state index in [1.165, 1.54) is 45.2 Å². The third-order valence-corrected chi connectivity index (χ3v) is 7.43. The lowest BCUT2D eigenvalue weighted by atomic mass is 9.83. The Labute approximate surface area is 190 Å². The fraction of sp³-hybridized carbons (Fsp3) is 0.640. The first-order valence-corrected chi connectivity index (χ1v) is 12.3. The van der Waals surface area contributed by atoms with E-state index in [1.807, 2.05) is 0 Å². The predicted molar refractivity (Wildman–Crippen MR) is 126 cm³/mol. The minimum absolute atomic E-state index is 0.0275. The van der Waals surface area contributed by atoms with Crippen molar-refractivity contribution in [1.82, 2.24) is 9.80 Å².